The molecule has 32 heavy (non-hydrogen) atoms. The van der Waals surface area contributed by atoms with Crippen molar-refractivity contribution < 1.29 is 18.4 Å². The number of benzene rings is 3. The summed E-state index contributed by atoms with van der Waals surface area (Å²) < 4.78 is 12.6. The molecule has 1 amide bonds. The molecule has 5 rings (SSSR count). The highest BCUT2D eigenvalue weighted by Crippen LogP contribution is 2.34. The minimum Gasteiger partial charge on any atom is -0.451 e. The predicted molar refractivity (Wildman–Crippen MR) is 127 cm³/mol. The summed E-state index contributed by atoms with van der Waals surface area (Å²) in [6.45, 7) is 3.84. The van der Waals surface area contributed by atoms with Crippen LogP contribution in [0, 0.1) is 13.8 Å². The van der Waals surface area contributed by atoms with Gasteiger partial charge in [-0.1, -0.05) is 39.7 Å². The molecule has 0 aliphatic rings. The van der Waals surface area contributed by atoms with E-state index in [2.05, 4.69) is 21.2 Å². The van der Waals surface area contributed by atoms with E-state index in [0.717, 1.165) is 21.0 Å². The molecule has 6 heteroatoms. The first-order valence-electron chi connectivity index (χ1n) is 10.1. The van der Waals surface area contributed by atoms with Crippen LogP contribution >= 0.6 is 15.9 Å². The zero-order valence-corrected chi connectivity index (χ0v) is 18.9. The number of anilines is 1. The molecule has 0 aliphatic carbocycles. The van der Waals surface area contributed by atoms with E-state index < -0.39 is 5.91 Å². The van der Waals surface area contributed by atoms with Crippen molar-refractivity contribution >= 4 is 55.2 Å². The molecule has 3 aromatic carbocycles. The van der Waals surface area contributed by atoms with Crippen LogP contribution in [0.5, 0.6) is 0 Å². The Bertz CT molecular complexity index is 1510. The lowest BCUT2D eigenvalue weighted by Crippen LogP contribution is -2.14. The number of rotatable bonds is 4. The third-order valence-electron chi connectivity index (χ3n) is 5.44. The summed E-state index contributed by atoms with van der Waals surface area (Å²) in [6, 6.07) is 20.0. The third-order valence-corrected chi connectivity index (χ3v) is 5.97. The Morgan fingerprint density at radius 2 is 1.50 bits per heavy atom. The van der Waals surface area contributed by atoms with E-state index in [1.165, 1.54) is 0 Å². The second-order valence-corrected chi connectivity index (χ2v) is 8.56. The molecule has 2 aromatic heterocycles. The number of hydrogen-bond donors (Lipinski definition) is 1. The van der Waals surface area contributed by atoms with Crippen molar-refractivity contribution in [2.24, 2.45) is 0 Å². The van der Waals surface area contributed by atoms with Crippen LogP contribution in [0.1, 0.15) is 37.8 Å². The zero-order chi connectivity index (χ0) is 22.4. The standard InChI is InChI=1S/C26H18BrNO4/c1-14-7-12-21-19(13-14)15(2)24(31-21)26(30)28-22-18-5-3-4-6-20(18)32-25(22)23(29)16-8-10-17(27)11-9-16/h3-13H,1-2H3,(H,28,30). The largest absolute Gasteiger partial charge is 0.451 e. The number of furan rings is 2. The molecule has 0 aliphatic heterocycles. The molecule has 1 N–H and O–H groups in total. The van der Waals surface area contributed by atoms with Gasteiger partial charge in [0.25, 0.3) is 5.91 Å². The molecule has 0 spiro atoms. The minimum atomic E-state index is -0.437. The van der Waals surface area contributed by atoms with Crippen LogP contribution in [-0.2, 0) is 0 Å². The number of para-hydroxylation sites is 1. The Labute approximate surface area is 192 Å². The van der Waals surface area contributed by atoms with Gasteiger partial charge in [-0.15, -0.1) is 0 Å². The van der Waals surface area contributed by atoms with Crippen molar-refractivity contribution in [1.82, 2.24) is 0 Å². The highest BCUT2D eigenvalue weighted by Gasteiger charge is 2.26. The predicted octanol–water partition coefficient (Wildman–Crippen LogP) is 7.04. The van der Waals surface area contributed by atoms with E-state index in [1.807, 2.05) is 50.2 Å². The monoisotopic (exact) mass is 487 g/mol. The first-order valence-corrected chi connectivity index (χ1v) is 10.8. The highest BCUT2D eigenvalue weighted by molar-refractivity contribution is 9.10. The van der Waals surface area contributed by atoms with Gasteiger partial charge in [0.15, 0.2) is 11.5 Å². The maximum atomic E-state index is 13.2. The Morgan fingerprint density at radius 3 is 2.28 bits per heavy atom. The van der Waals surface area contributed by atoms with Gasteiger partial charge in [0.2, 0.25) is 5.78 Å². The number of fused-ring (bicyclic) bond motifs is 2. The molecule has 5 aromatic rings. The Hall–Kier alpha value is -3.64. The second kappa shape index (κ2) is 7.80. The van der Waals surface area contributed by atoms with Gasteiger partial charge < -0.3 is 14.2 Å². The average Bonchev–Trinajstić information content (AvgIpc) is 3.32. The van der Waals surface area contributed by atoms with E-state index in [-0.39, 0.29) is 17.3 Å². The molecule has 158 valence electrons. The van der Waals surface area contributed by atoms with Gasteiger partial charge in [-0.3, -0.25) is 9.59 Å². The lowest BCUT2D eigenvalue weighted by atomic mass is 10.1. The molecule has 0 atom stereocenters. The van der Waals surface area contributed by atoms with E-state index in [1.54, 1.807) is 30.3 Å². The first-order chi connectivity index (χ1) is 15.4. The van der Waals surface area contributed by atoms with Crippen LogP contribution in [0.2, 0.25) is 0 Å². The van der Waals surface area contributed by atoms with Crippen LogP contribution < -0.4 is 5.32 Å². The van der Waals surface area contributed by atoms with Crippen molar-refractivity contribution in [1.29, 1.82) is 0 Å². The summed E-state index contributed by atoms with van der Waals surface area (Å²) in [5, 5.41) is 4.40. The Balaban J connectivity index is 1.59. The summed E-state index contributed by atoms with van der Waals surface area (Å²) in [4.78, 5) is 26.5. The number of ketones is 1. The number of carbonyl (C=O) groups excluding carboxylic acids is 2. The fourth-order valence-electron chi connectivity index (χ4n) is 3.78. The van der Waals surface area contributed by atoms with Gasteiger partial charge in [0.1, 0.15) is 11.2 Å². The molecular formula is C26H18BrNO4. The molecule has 0 saturated heterocycles. The molecule has 0 bridgehead atoms. The van der Waals surface area contributed by atoms with Crippen LogP contribution in [-0.4, -0.2) is 11.7 Å². The van der Waals surface area contributed by atoms with Crippen molar-refractivity contribution in [3.63, 3.8) is 0 Å². The summed E-state index contributed by atoms with van der Waals surface area (Å²) in [5.41, 5.74) is 3.76. The van der Waals surface area contributed by atoms with E-state index in [4.69, 9.17) is 8.83 Å². The van der Waals surface area contributed by atoms with Gasteiger partial charge in [0.05, 0.1) is 5.69 Å². The number of aryl methyl sites for hydroxylation is 2. The van der Waals surface area contributed by atoms with Gasteiger partial charge in [-0.05, 0) is 62.4 Å². The van der Waals surface area contributed by atoms with Crippen molar-refractivity contribution in [3.8, 4) is 0 Å². The third kappa shape index (κ3) is 3.42. The number of hydrogen-bond acceptors (Lipinski definition) is 4. The number of amides is 1. The Morgan fingerprint density at radius 1 is 0.812 bits per heavy atom. The molecular weight excluding hydrogens is 470 g/mol. The lowest BCUT2D eigenvalue weighted by Gasteiger charge is -2.05. The lowest BCUT2D eigenvalue weighted by molar-refractivity contribution is 0.0997. The zero-order valence-electron chi connectivity index (χ0n) is 17.4. The average molecular weight is 488 g/mol. The fourth-order valence-corrected chi connectivity index (χ4v) is 4.05. The quantitative estimate of drug-likeness (QED) is 0.276. The summed E-state index contributed by atoms with van der Waals surface area (Å²) >= 11 is 3.38. The molecule has 0 saturated carbocycles. The van der Waals surface area contributed by atoms with E-state index >= 15 is 0 Å². The SMILES string of the molecule is Cc1ccc2oc(C(=O)Nc3c(C(=O)c4ccc(Br)cc4)oc4ccccc34)c(C)c2c1. The topological polar surface area (TPSA) is 72.5 Å². The fraction of sp³-hybridized carbons (Fsp3) is 0.0769. The molecule has 2 heterocycles. The van der Waals surface area contributed by atoms with Gasteiger partial charge >= 0.3 is 0 Å². The minimum absolute atomic E-state index is 0.0754. The van der Waals surface area contributed by atoms with Crippen LogP contribution in [0.3, 0.4) is 0 Å². The smallest absolute Gasteiger partial charge is 0.291 e. The second-order valence-electron chi connectivity index (χ2n) is 7.65. The summed E-state index contributed by atoms with van der Waals surface area (Å²) in [6.07, 6.45) is 0. The van der Waals surface area contributed by atoms with Crippen molar-refractivity contribution in [2.75, 3.05) is 5.32 Å². The highest BCUT2D eigenvalue weighted by atomic mass is 79.9. The van der Waals surface area contributed by atoms with Crippen LogP contribution in [0.25, 0.3) is 21.9 Å². The van der Waals surface area contributed by atoms with Crippen molar-refractivity contribution in [3.05, 3.63) is 99.4 Å². The molecule has 5 nitrogen and oxygen atoms in total. The molecule has 0 radical (unpaired) electrons. The summed E-state index contributed by atoms with van der Waals surface area (Å²) in [7, 11) is 0. The number of halogens is 1. The normalized spacial score (nSPS) is 11.2. The van der Waals surface area contributed by atoms with Gasteiger partial charge in [-0.2, -0.15) is 0 Å². The van der Waals surface area contributed by atoms with Crippen LogP contribution in [0.15, 0.2) is 80.0 Å². The molecule has 0 unspecified atom stereocenters. The Kier molecular flexibility index (Phi) is 4.94. The van der Waals surface area contributed by atoms with Gasteiger partial charge in [-0.25, -0.2) is 0 Å². The van der Waals surface area contributed by atoms with E-state index in [0.29, 0.717) is 27.8 Å². The van der Waals surface area contributed by atoms with Crippen LogP contribution in [0.4, 0.5) is 5.69 Å². The van der Waals surface area contributed by atoms with Gasteiger partial charge in [0, 0.05) is 26.4 Å². The molecule has 0 fully saturated rings. The summed E-state index contributed by atoms with van der Waals surface area (Å²) in [5.74, 6) is -0.474. The maximum Gasteiger partial charge on any atom is 0.291 e. The number of nitrogens with one attached hydrogen (secondary N) is 1. The maximum absolute atomic E-state index is 13.2. The number of carbonyl (C=O) groups is 2. The van der Waals surface area contributed by atoms with Crippen molar-refractivity contribution in [2.45, 2.75) is 13.8 Å². The first kappa shape index (κ1) is 20.3. The van der Waals surface area contributed by atoms with E-state index in [9.17, 15) is 9.59 Å².